The Bertz CT molecular complexity index is 1230. The van der Waals surface area contributed by atoms with Gasteiger partial charge in [-0.2, -0.15) is 0 Å². The molecule has 3 aliphatic rings. The van der Waals surface area contributed by atoms with Gasteiger partial charge in [0.05, 0.1) is 17.0 Å². The molecule has 188 valence electrons. The monoisotopic (exact) mass is 508 g/mol. The van der Waals surface area contributed by atoms with E-state index in [0.717, 1.165) is 28.4 Å². The van der Waals surface area contributed by atoms with E-state index in [2.05, 4.69) is 21.8 Å². The van der Waals surface area contributed by atoms with Gasteiger partial charge < -0.3 is 25.8 Å². The number of nitrogens with two attached hydrogens (primary N) is 2. The van der Waals surface area contributed by atoms with Crippen molar-refractivity contribution in [2.24, 2.45) is 21.5 Å². The molecule has 10 nitrogen and oxygen atoms in total. The fourth-order valence-electron chi connectivity index (χ4n) is 4.45. The van der Waals surface area contributed by atoms with Crippen LogP contribution in [0.15, 0.2) is 51.3 Å². The van der Waals surface area contributed by atoms with Crippen LogP contribution in [0.1, 0.15) is 39.6 Å². The van der Waals surface area contributed by atoms with Crippen LogP contribution in [0.25, 0.3) is 0 Å². The molecule has 0 aromatic heterocycles. The van der Waals surface area contributed by atoms with Crippen LogP contribution < -0.4 is 20.9 Å². The molecule has 0 aliphatic carbocycles. The number of imide groups is 1. The highest BCUT2D eigenvalue weighted by Gasteiger charge is 2.35. The largest absolute Gasteiger partial charge is 0.454 e. The molecule has 11 heteroatoms. The van der Waals surface area contributed by atoms with E-state index in [-0.39, 0.29) is 25.3 Å². The Morgan fingerprint density at radius 2 is 1.81 bits per heavy atom. The van der Waals surface area contributed by atoms with Crippen LogP contribution in [0, 0.1) is 0 Å². The van der Waals surface area contributed by atoms with Crippen molar-refractivity contribution in [3.63, 3.8) is 0 Å². The summed E-state index contributed by atoms with van der Waals surface area (Å²) in [5.74, 6) is 2.52. The summed E-state index contributed by atoms with van der Waals surface area (Å²) in [6, 6.07) is 10.3. The van der Waals surface area contributed by atoms with Crippen LogP contribution in [-0.2, 0) is 6.42 Å². The van der Waals surface area contributed by atoms with Crippen LogP contribution in [0.3, 0.4) is 0 Å². The van der Waals surface area contributed by atoms with Crippen LogP contribution >= 0.6 is 11.8 Å². The highest BCUT2D eigenvalue weighted by atomic mass is 32.2. The van der Waals surface area contributed by atoms with E-state index in [0.29, 0.717) is 48.2 Å². The number of carbonyl (C=O) groups is 2. The summed E-state index contributed by atoms with van der Waals surface area (Å²) in [5.41, 5.74) is 14.4. The molecular formula is C25H28N6O4S. The summed E-state index contributed by atoms with van der Waals surface area (Å²) in [7, 11) is 0. The first kappa shape index (κ1) is 24.1. The number of nitrogens with zero attached hydrogens (tertiary/aromatic N) is 4. The third-order valence-corrected chi connectivity index (χ3v) is 7.54. The van der Waals surface area contributed by atoms with E-state index in [4.69, 9.17) is 20.9 Å². The van der Waals surface area contributed by atoms with Crippen molar-refractivity contribution in [3.8, 4) is 11.5 Å². The molecule has 1 atom stereocenters. The SMILES string of the molecule is CCc1cc2c(cc1SCN(CCCN1C(=O)c3ccccc3C1=O)C1=NCN=C(N)C1N)OCO2. The standard InChI is InChI=1S/C25H28N6O4S/c1-2-15-10-18-19(35-14-34-18)11-20(15)36-13-30(23-21(26)22(27)28-12-29-23)8-5-9-31-24(32)16-6-3-4-7-17(16)25(31)33/h3-4,6-7,10-11,21H,2,5,8-9,12-14,26H2,1H3,(H2,27,28). The van der Waals surface area contributed by atoms with Gasteiger partial charge in [-0.1, -0.05) is 19.1 Å². The van der Waals surface area contributed by atoms with Crippen LogP contribution in [0.2, 0.25) is 0 Å². The predicted octanol–water partition coefficient (Wildman–Crippen LogP) is 2.07. The summed E-state index contributed by atoms with van der Waals surface area (Å²) in [4.78, 5) is 38.6. The average Bonchev–Trinajstić information content (AvgIpc) is 3.45. The second-order valence-corrected chi connectivity index (χ2v) is 9.57. The molecular weight excluding hydrogens is 480 g/mol. The van der Waals surface area contributed by atoms with Gasteiger partial charge in [0.2, 0.25) is 6.79 Å². The van der Waals surface area contributed by atoms with Crippen molar-refractivity contribution in [1.82, 2.24) is 9.80 Å². The molecule has 2 amide bonds. The Hall–Kier alpha value is -3.57. The molecule has 0 saturated carbocycles. The Balaban J connectivity index is 1.29. The van der Waals surface area contributed by atoms with E-state index in [9.17, 15) is 9.59 Å². The zero-order valence-corrected chi connectivity index (χ0v) is 20.8. The molecule has 3 heterocycles. The number of aryl methyl sites for hydroxylation is 1. The summed E-state index contributed by atoms with van der Waals surface area (Å²) in [6.45, 7) is 3.37. The minimum absolute atomic E-state index is 0.221. The third-order valence-electron chi connectivity index (χ3n) is 6.41. The Morgan fingerprint density at radius 1 is 1.11 bits per heavy atom. The van der Waals surface area contributed by atoms with Gasteiger partial charge in [0, 0.05) is 18.0 Å². The van der Waals surface area contributed by atoms with Gasteiger partial charge >= 0.3 is 0 Å². The van der Waals surface area contributed by atoms with Crippen molar-refractivity contribution >= 4 is 35.2 Å². The Kier molecular flexibility index (Phi) is 6.84. The van der Waals surface area contributed by atoms with Crippen LogP contribution in [0.5, 0.6) is 11.5 Å². The van der Waals surface area contributed by atoms with Gasteiger partial charge in [-0.15, -0.1) is 11.8 Å². The molecule has 4 N–H and O–H groups in total. The van der Waals surface area contributed by atoms with Crippen LogP contribution in [0.4, 0.5) is 0 Å². The zero-order chi connectivity index (χ0) is 25.2. The van der Waals surface area contributed by atoms with Gasteiger partial charge in [0.1, 0.15) is 24.4 Å². The highest BCUT2D eigenvalue weighted by molar-refractivity contribution is 7.99. The first-order valence-electron chi connectivity index (χ1n) is 11.8. The van der Waals surface area contributed by atoms with Crippen molar-refractivity contribution in [2.45, 2.75) is 30.7 Å². The number of amides is 2. The Labute approximate surface area is 213 Å². The molecule has 36 heavy (non-hydrogen) atoms. The number of benzene rings is 2. The van der Waals surface area contributed by atoms with Gasteiger partial charge in [-0.25, -0.2) is 9.98 Å². The van der Waals surface area contributed by atoms with Crippen molar-refractivity contribution in [3.05, 3.63) is 53.1 Å². The molecule has 2 aromatic rings. The molecule has 0 bridgehead atoms. The number of fused-ring (bicyclic) bond motifs is 2. The van der Waals surface area contributed by atoms with Gasteiger partial charge in [0.25, 0.3) is 11.8 Å². The van der Waals surface area contributed by atoms with Gasteiger partial charge in [-0.3, -0.25) is 14.5 Å². The maximum atomic E-state index is 12.7. The summed E-state index contributed by atoms with van der Waals surface area (Å²) < 4.78 is 11.1. The Morgan fingerprint density at radius 3 is 2.50 bits per heavy atom. The lowest BCUT2D eigenvalue weighted by molar-refractivity contribution is 0.0650. The third kappa shape index (κ3) is 4.51. The number of thioether (sulfide) groups is 1. The minimum atomic E-state index is -0.610. The van der Waals surface area contributed by atoms with Crippen molar-refractivity contribution in [2.75, 3.05) is 32.4 Å². The number of carbonyl (C=O) groups excluding carboxylic acids is 2. The van der Waals surface area contributed by atoms with E-state index < -0.39 is 6.04 Å². The smallest absolute Gasteiger partial charge is 0.261 e. The highest BCUT2D eigenvalue weighted by Crippen LogP contribution is 2.39. The van der Waals surface area contributed by atoms with E-state index in [1.165, 1.54) is 4.90 Å². The van der Waals surface area contributed by atoms with Gasteiger partial charge in [-0.05, 0) is 42.7 Å². The molecule has 3 aliphatic heterocycles. The lowest BCUT2D eigenvalue weighted by Crippen LogP contribution is -2.53. The number of aliphatic imine (C=N–C) groups is 2. The topological polar surface area (TPSA) is 136 Å². The fraction of sp³-hybridized carbons (Fsp3) is 0.360. The molecule has 0 fully saturated rings. The molecule has 5 rings (SSSR count). The van der Waals surface area contributed by atoms with Gasteiger partial charge in [0.15, 0.2) is 11.5 Å². The quantitative estimate of drug-likeness (QED) is 0.314. The summed E-state index contributed by atoms with van der Waals surface area (Å²) >= 11 is 1.64. The average molecular weight is 509 g/mol. The van der Waals surface area contributed by atoms with E-state index in [1.54, 1.807) is 36.0 Å². The normalized spacial score (nSPS) is 18.3. The first-order valence-corrected chi connectivity index (χ1v) is 12.8. The second kappa shape index (κ2) is 10.2. The van der Waals surface area contributed by atoms with E-state index >= 15 is 0 Å². The molecule has 0 spiro atoms. The van der Waals surface area contributed by atoms with Crippen LogP contribution in [-0.4, -0.2) is 71.8 Å². The number of hydrogen-bond donors (Lipinski definition) is 2. The number of amidine groups is 2. The fourth-order valence-corrected chi connectivity index (χ4v) is 5.58. The first-order chi connectivity index (χ1) is 17.5. The number of hydrogen-bond acceptors (Lipinski definition) is 10. The molecule has 0 radical (unpaired) electrons. The maximum absolute atomic E-state index is 12.7. The number of rotatable bonds is 8. The van der Waals surface area contributed by atoms with Crippen molar-refractivity contribution < 1.29 is 19.1 Å². The molecule has 2 aromatic carbocycles. The molecule has 0 saturated heterocycles. The number of ether oxygens (including phenoxy) is 2. The van der Waals surface area contributed by atoms with E-state index in [1.807, 2.05) is 12.1 Å². The van der Waals surface area contributed by atoms with Crippen molar-refractivity contribution in [1.29, 1.82) is 0 Å². The minimum Gasteiger partial charge on any atom is -0.454 e. The second-order valence-electron chi connectivity index (χ2n) is 8.58. The summed E-state index contributed by atoms with van der Waals surface area (Å²) in [5, 5.41) is 0. The maximum Gasteiger partial charge on any atom is 0.261 e. The lowest BCUT2D eigenvalue weighted by atomic mass is 10.1. The molecule has 1 unspecified atom stereocenters. The predicted molar refractivity (Wildman–Crippen MR) is 138 cm³/mol. The summed E-state index contributed by atoms with van der Waals surface area (Å²) in [6.07, 6.45) is 1.40. The zero-order valence-electron chi connectivity index (χ0n) is 20.0. The lowest BCUT2D eigenvalue weighted by Gasteiger charge is -2.31.